The van der Waals surface area contributed by atoms with Gasteiger partial charge < -0.3 is 24.3 Å². The molecule has 4 rings (SSSR count). The van der Waals surface area contributed by atoms with Crippen LogP contribution in [0.2, 0.25) is 0 Å². The van der Waals surface area contributed by atoms with E-state index < -0.39 is 0 Å². The SMILES string of the molecule is COCCN(C)C[C@@H]1CO[C@@]2(CCCN(C(=O)c3ccc4nc[nH]c4c3)C2)C1. The van der Waals surface area contributed by atoms with Gasteiger partial charge in [-0.3, -0.25) is 4.79 Å². The van der Waals surface area contributed by atoms with Crippen LogP contribution in [0, 0.1) is 5.92 Å². The summed E-state index contributed by atoms with van der Waals surface area (Å²) in [6.45, 7) is 4.95. The Kier molecular flexibility index (Phi) is 5.66. The van der Waals surface area contributed by atoms with E-state index >= 15 is 0 Å². The maximum atomic E-state index is 13.1. The van der Waals surface area contributed by atoms with Crippen molar-refractivity contribution in [1.29, 1.82) is 0 Å². The monoisotopic (exact) mass is 386 g/mol. The number of H-pyrrole nitrogens is 1. The number of methoxy groups -OCH3 is 1. The minimum Gasteiger partial charge on any atom is -0.383 e. The minimum atomic E-state index is -0.182. The smallest absolute Gasteiger partial charge is 0.254 e. The van der Waals surface area contributed by atoms with E-state index in [0.29, 0.717) is 18.0 Å². The molecule has 0 unspecified atom stereocenters. The average Bonchev–Trinajstić information content (AvgIpc) is 3.32. The molecule has 2 aromatic rings. The molecule has 2 saturated heterocycles. The molecule has 3 heterocycles. The highest BCUT2D eigenvalue weighted by atomic mass is 16.5. The van der Waals surface area contributed by atoms with Crippen molar-refractivity contribution >= 4 is 16.9 Å². The van der Waals surface area contributed by atoms with Crippen LogP contribution in [0.25, 0.3) is 11.0 Å². The van der Waals surface area contributed by atoms with Gasteiger partial charge in [0.2, 0.25) is 0 Å². The summed E-state index contributed by atoms with van der Waals surface area (Å²) < 4.78 is 11.5. The van der Waals surface area contributed by atoms with Crippen molar-refractivity contribution in [1.82, 2.24) is 19.8 Å². The van der Waals surface area contributed by atoms with Gasteiger partial charge in [-0.15, -0.1) is 0 Å². The number of likely N-dealkylation sites (tertiary alicyclic amines) is 1. The van der Waals surface area contributed by atoms with Crippen molar-refractivity contribution in [3.63, 3.8) is 0 Å². The Labute approximate surface area is 166 Å². The number of piperidine rings is 1. The molecule has 0 bridgehead atoms. The first-order valence-corrected chi connectivity index (χ1v) is 10.1. The van der Waals surface area contributed by atoms with Gasteiger partial charge in [-0.1, -0.05) is 0 Å². The predicted molar refractivity (Wildman–Crippen MR) is 107 cm³/mol. The van der Waals surface area contributed by atoms with E-state index in [1.165, 1.54) is 0 Å². The van der Waals surface area contributed by atoms with Crippen LogP contribution in [-0.2, 0) is 9.47 Å². The lowest BCUT2D eigenvalue weighted by Gasteiger charge is -2.40. The number of aromatic nitrogens is 2. The summed E-state index contributed by atoms with van der Waals surface area (Å²) >= 11 is 0. The molecule has 2 atom stereocenters. The van der Waals surface area contributed by atoms with Gasteiger partial charge in [0.1, 0.15) is 0 Å². The molecule has 0 aliphatic carbocycles. The highest BCUT2D eigenvalue weighted by molar-refractivity contribution is 5.97. The average molecular weight is 386 g/mol. The van der Waals surface area contributed by atoms with E-state index in [0.717, 1.165) is 63.1 Å². The first-order valence-electron chi connectivity index (χ1n) is 10.1. The second-order valence-corrected chi connectivity index (χ2v) is 8.28. The number of carbonyl (C=O) groups is 1. The number of likely N-dealkylation sites (N-methyl/N-ethyl adjacent to an activating group) is 1. The number of hydrogen-bond acceptors (Lipinski definition) is 5. The van der Waals surface area contributed by atoms with Gasteiger partial charge >= 0.3 is 0 Å². The summed E-state index contributed by atoms with van der Waals surface area (Å²) in [5.41, 5.74) is 2.31. The van der Waals surface area contributed by atoms with Crippen molar-refractivity contribution < 1.29 is 14.3 Å². The molecule has 1 aromatic heterocycles. The normalized spacial score (nSPS) is 25.2. The second-order valence-electron chi connectivity index (χ2n) is 8.28. The van der Waals surface area contributed by atoms with Crippen molar-refractivity contribution in [2.75, 3.05) is 53.6 Å². The van der Waals surface area contributed by atoms with Crippen LogP contribution in [0.5, 0.6) is 0 Å². The summed E-state index contributed by atoms with van der Waals surface area (Å²) in [5, 5.41) is 0. The standard InChI is InChI=1S/C21H30N4O3/c1-24(8-9-27-2)12-16-11-21(28-13-16)6-3-7-25(14-21)20(26)17-4-5-18-19(10-17)23-15-22-18/h4-5,10,15-16H,3,6-9,11-14H2,1-2H3,(H,22,23)/t16-,21+/m1/s1. The highest BCUT2D eigenvalue weighted by Gasteiger charge is 2.44. The minimum absolute atomic E-state index is 0.0832. The van der Waals surface area contributed by atoms with Crippen LogP contribution in [-0.4, -0.2) is 84.8 Å². The zero-order valence-electron chi connectivity index (χ0n) is 16.8. The molecule has 0 radical (unpaired) electrons. The van der Waals surface area contributed by atoms with Crippen LogP contribution in [0.4, 0.5) is 0 Å². The predicted octanol–water partition coefficient (Wildman–Crippen LogP) is 2.15. The Morgan fingerprint density at radius 1 is 1.50 bits per heavy atom. The molecule has 28 heavy (non-hydrogen) atoms. The zero-order valence-corrected chi connectivity index (χ0v) is 16.8. The van der Waals surface area contributed by atoms with E-state index in [1.54, 1.807) is 13.4 Å². The lowest BCUT2D eigenvalue weighted by molar-refractivity contribution is -0.0450. The number of nitrogens with one attached hydrogen (secondary N) is 1. The number of rotatable bonds is 6. The number of ether oxygens (including phenoxy) is 2. The van der Waals surface area contributed by atoms with Crippen LogP contribution in [0.15, 0.2) is 24.5 Å². The van der Waals surface area contributed by atoms with Crippen LogP contribution < -0.4 is 0 Å². The van der Waals surface area contributed by atoms with E-state index in [9.17, 15) is 4.79 Å². The number of benzene rings is 1. The first-order chi connectivity index (χ1) is 13.6. The number of aromatic amines is 1. The summed E-state index contributed by atoms with van der Waals surface area (Å²) in [7, 11) is 3.87. The fraction of sp³-hybridized carbons (Fsp3) is 0.619. The molecule has 7 heteroatoms. The first kappa shape index (κ1) is 19.4. The van der Waals surface area contributed by atoms with Crippen molar-refractivity contribution in [3.05, 3.63) is 30.1 Å². The van der Waals surface area contributed by atoms with Crippen molar-refractivity contribution in [2.24, 2.45) is 5.92 Å². The Morgan fingerprint density at radius 2 is 2.39 bits per heavy atom. The largest absolute Gasteiger partial charge is 0.383 e. The fourth-order valence-corrected chi connectivity index (χ4v) is 4.64. The number of fused-ring (bicyclic) bond motifs is 1. The lowest BCUT2D eigenvalue weighted by atomic mass is 9.86. The van der Waals surface area contributed by atoms with E-state index in [2.05, 4.69) is 21.9 Å². The molecule has 1 spiro atoms. The number of carbonyl (C=O) groups excluding carboxylic acids is 1. The molecule has 2 fully saturated rings. The van der Waals surface area contributed by atoms with Gasteiger partial charge in [0.25, 0.3) is 5.91 Å². The molecule has 0 saturated carbocycles. The van der Waals surface area contributed by atoms with Gasteiger partial charge in [0.05, 0.1) is 36.2 Å². The van der Waals surface area contributed by atoms with Gasteiger partial charge in [0, 0.05) is 38.9 Å². The van der Waals surface area contributed by atoms with Gasteiger partial charge in [-0.25, -0.2) is 4.98 Å². The third-order valence-electron chi connectivity index (χ3n) is 6.03. The maximum absolute atomic E-state index is 13.1. The molecule has 2 aliphatic heterocycles. The summed E-state index contributed by atoms with van der Waals surface area (Å²) in [5.74, 6) is 0.595. The molecule has 1 amide bonds. The summed E-state index contributed by atoms with van der Waals surface area (Å²) in [6.07, 6.45) is 4.71. The second kappa shape index (κ2) is 8.19. The number of imidazole rings is 1. The quantitative estimate of drug-likeness (QED) is 0.824. The number of amides is 1. The molecule has 1 N–H and O–H groups in total. The highest BCUT2D eigenvalue weighted by Crippen LogP contribution is 2.38. The fourth-order valence-electron chi connectivity index (χ4n) is 4.64. The molecule has 152 valence electrons. The molecular weight excluding hydrogens is 356 g/mol. The van der Waals surface area contributed by atoms with E-state index in [-0.39, 0.29) is 11.5 Å². The van der Waals surface area contributed by atoms with Crippen molar-refractivity contribution in [2.45, 2.75) is 24.9 Å². The number of hydrogen-bond donors (Lipinski definition) is 1. The topological polar surface area (TPSA) is 70.7 Å². The van der Waals surface area contributed by atoms with E-state index in [1.807, 2.05) is 23.1 Å². The van der Waals surface area contributed by atoms with Gasteiger partial charge in [-0.2, -0.15) is 0 Å². The molecule has 2 aliphatic rings. The van der Waals surface area contributed by atoms with E-state index in [4.69, 9.17) is 9.47 Å². The Bertz CT molecular complexity index is 823. The summed E-state index contributed by atoms with van der Waals surface area (Å²) in [6, 6.07) is 5.67. The van der Waals surface area contributed by atoms with Gasteiger partial charge in [0.15, 0.2) is 0 Å². The third kappa shape index (κ3) is 4.06. The van der Waals surface area contributed by atoms with Crippen LogP contribution >= 0.6 is 0 Å². The van der Waals surface area contributed by atoms with Crippen molar-refractivity contribution in [3.8, 4) is 0 Å². The van der Waals surface area contributed by atoms with Crippen LogP contribution in [0.1, 0.15) is 29.6 Å². The molecule has 1 aromatic carbocycles. The van der Waals surface area contributed by atoms with Gasteiger partial charge in [-0.05, 0) is 50.4 Å². The van der Waals surface area contributed by atoms with Crippen LogP contribution in [0.3, 0.4) is 0 Å². The Morgan fingerprint density at radius 3 is 3.25 bits per heavy atom. The maximum Gasteiger partial charge on any atom is 0.254 e. The number of nitrogens with zero attached hydrogens (tertiary/aromatic N) is 3. The molecule has 7 nitrogen and oxygen atoms in total. The Hall–Kier alpha value is -1.96. The summed E-state index contributed by atoms with van der Waals surface area (Å²) in [4.78, 5) is 24.7. The lowest BCUT2D eigenvalue weighted by Crippen LogP contribution is -2.50. The zero-order chi connectivity index (χ0) is 19.6. The Balaban J connectivity index is 1.39. The molecular formula is C21H30N4O3. The third-order valence-corrected chi connectivity index (χ3v) is 6.03.